The van der Waals surface area contributed by atoms with Crippen molar-refractivity contribution in [2.45, 2.75) is 32.7 Å². The van der Waals surface area contributed by atoms with Crippen molar-refractivity contribution in [2.75, 3.05) is 19.8 Å². The number of aliphatic hydroxyl groups is 1. The van der Waals surface area contributed by atoms with Crippen molar-refractivity contribution in [3.05, 3.63) is 107 Å². The molecule has 5 rings (SSSR count). The monoisotopic (exact) mass is 598 g/mol. The van der Waals surface area contributed by atoms with Crippen molar-refractivity contribution < 1.29 is 38.7 Å². The lowest BCUT2D eigenvalue weighted by molar-refractivity contribution is -0.140. The lowest BCUT2D eigenvalue weighted by atomic mass is 9.96. The van der Waals surface area contributed by atoms with E-state index in [1.807, 2.05) is 43.3 Å². The van der Waals surface area contributed by atoms with Gasteiger partial charge in [-0.1, -0.05) is 42.5 Å². The van der Waals surface area contributed by atoms with Gasteiger partial charge in [-0.25, -0.2) is 0 Å². The predicted octanol–water partition coefficient (Wildman–Crippen LogP) is 4.23. The number of amides is 1. The number of ether oxygens (including phenoxy) is 4. The fraction of sp³-hybridized carbons (Fsp3) is 0.235. The molecule has 0 aliphatic carbocycles. The molecule has 4 aromatic rings. The number of rotatable bonds is 13. The van der Waals surface area contributed by atoms with Crippen LogP contribution in [0.3, 0.4) is 0 Å². The molecule has 1 aliphatic heterocycles. The van der Waals surface area contributed by atoms with E-state index in [-0.39, 0.29) is 13.2 Å². The lowest BCUT2D eigenvalue weighted by Crippen LogP contribution is -2.39. The van der Waals surface area contributed by atoms with Crippen LogP contribution in [-0.2, 0) is 24.6 Å². The van der Waals surface area contributed by atoms with Crippen LogP contribution in [0.5, 0.6) is 23.0 Å². The number of benzene rings is 4. The summed E-state index contributed by atoms with van der Waals surface area (Å²) in [7, 11) is 0. The molecule has 0 aromatic heterocycles. The van der Waals surface area contributed by atoms with Gasteiger partial charge in [-0.15, -0.1) is 0 Å². The Hall–Kier alpha value is -5.06. The molecule has 1 atom stereocenters. The maximum Gasteiger partial charge on any atom is 0.323 e. The van der Waals surface area contributed by atoms with Gasteiger partial charge in [-0.05, 0) is 65.1 Å². The summed E-state index contributed by atoms with van der Waals surface area (Å²) in [5, 5.41) is 21.5. The molecule has 44 heavy (non-hydrogen) atoms. The molecule has 0 fully saturated rings. The van der Waals surface area contributed by atoms with Gasteiger partial charge in [0.05, 0.1) is 6.61 Å². The number of aliphatic carboxylic acids is 1. The van der Waals surface area contributed by atoms with E-state index in [4.69, 9.17) is 24.7 Å². The predicted molar refractivity (Wildman–Crippen MR) is 163 cm³/mol. The number of hydrogen-bond acceptors (Lipinski definition) is 8. The minimum absolute atomic E-state index is 0.130. The van der Waals surface area contributed by atoms with Gasteiger partial charge in [0.25, 0.3) is 0 Å². The zero-order valence-electron chi connectivity index (χ0n) is 24.2. The van der Waals surface area contributed by atoms with E-state index in [1.54, 1.807) is 36.4 Å². The second-order valence-electron chi connectivity index (χ2n) is 10.3. The first-order valence-corrected chi connectivity index (χ1v) is 14.1. The topological polar surface area (TPSA) is 150 Å². The van der Waals surface area contributed by atoms with E-state index in [1.165, 1.54) is 0 Å². The number of primary amides is 1. The number of aliphatic hydroxyl groups excluding tert-OH is 1. The molecule has 0 saturated heterocycles. The number of carboxylic acid groups (broad SMARTS) is 1. The van der Waals surface area contributed by atoms with E-state index < -0.39 is 24.5 Å². The molecule has 0 bridgehead atoms. The third-order valence-electron chi connectivity index (χ3n) is 7.36. The Morgan fingerprint density at radius 1 is 0.909 bits per heavy atom. The molecular weight excluding hydrogens is 564 g/mol. The largest absolute Gasteiger partial charge is 0.489 e. The summed E-state index contributed by atoms with van der Waals surface area (Å²) in [6.45, 7) is 3.11. The quantitative estimate of drug-likeness (QED) is 0.177. The SMILES string of the molecule is Cc1c(COc2ccc(CNC(CO)C(=O)O)c(OCc3cccc(C(N)=O)c3)c2)cccc1-c1ccc2c(c1)OCCO2. The van der Waals surface area contributed by atoms with Crippen LogP contribution in [-0.4, -0.2) is 48.0 Å². The van der Waals surface area contributed by atoms with Gasteiger partial charge in [-0.2, -0.15) is 0 Å². The third-order valence-corrected chi connectivity index (χ3v) is 7.36. The maximum absolute atomic E-state index is 11.6. The van der Waals surface area contributed by atoms with Crippen molar-refractivity contribution >= 4 is 11.9 Å². The maximum atomic E-state index is 11.6. The molecule has 0 spiro atoms. The van der Waals surface area contributed by atoms with E-state index in [0.717, 1.165) is 39.3 Å². The minimum Gasteiger partial charge on any atom is -0.489 e. The van der Waals surface area contributed by atoms with Crippen LogP contribution in [0, 0.1) is 6.92 Å². The van der Waals surface area contributed by atoms with Crippen molar-refractivity contribution in [1.29, 1.82) is 0 Å². The Labute approximate surface area is 255 Å². The Balaban J connectivity index is 1.34. The van der Waals surface area contributed by atoms with Crippen LogP contribution >= 0.6 is 0 Å². The molecule has 10 nitrogen and oxygen atoms in total. The van der Waals surface area contributed by atoms with Gasteiger partial charge in [0.15, 0.2) is 11.5 Å². The van der Waals surface area contributed by atoms with Crippen LogP contribution in [0.2, 0.25) is 0 Å². The van der Waals surface area contributed by atoms with Crippen LogP contribution in [0.15, 0.2) is 78.9 Å². The number of nitrogens with one attached hydrogen (secondary N) is 1. The highest BCUT2D eigenvalue weighted by Crippen LogP contribution is 2.36. The van der Waals surface area contributed by atoms with Crippen molar-refractivity contribution in [2.24, 2.45) is 5.73 Å². The Morgan fingerprint density at radius 2 is 1.70 bits per heavy atom. The van der Waals surface area contributed by atoms with E-state index in [9.17, 15) is 19.8 Å². The van der Waals surface area contributed by atoms with Crippen molar-refractivity contribution in [3.8, 4) is 34.1 Å². The minimum atomic E-state index is -1.16. The first-order chi connectivity index (χ1) is 21.3. The number of carboxylic acids is 1. The second kappa shape index (κ2) is 13.9. The van der Waals surface area contributed by atoms with Crippen LogP contribution in [0.1, 0.15) is 32.6 Å². The van der Waals surface area contributed by atoms with Gasteiger partial charge >= 0.3 is 5.97 Å². The summed E-state index contributed by atoms with van der Waals surface area (Å²) in [5.74, 6) is 0.784. The third kappa shape index (κ3) is 7.28. The molecule has 1 heterocycles. The van der Waals surface area contributed by atoms with Crippen LogP contribution in [0.25, 0.3) is 11.1 Å². The molecule has 10 heteroatoms. The first kappa shape index (κ1) is 30.4. The summed E-state index contributed by atoms with van der Waals surface area (Å²) >= 11 is 0. The molecule has 1 aliphatic rings. The number of nitrogens with two attached hydrogens (primary N) is 1. The number of fused-ring (bicyclic) bond motifs is 1. The van der Waals surface area contributed by atoms with E-state index >= 15 is 0 Å². The summed E-state index contributed by atoms with van der Waals surface area (Å²) in [4.78, 5) is 23.0. The van der Waals surface area contributed by atoms with E-state index in [0.29, 0.717) is 42.4 Å². The average Bonchev–Trinajstić information content (AvgIpc) is 3.04. The standard InChI is InChI=1S/C34H34N2O8/c1-21-26(6-3-7-28(21)23-9-11-30-32(15-23)42-13-12-41-30)20-43-27-10-8-25(17-36-29(18-37)34(39)40)31(16-27)44-19-22-4-2-5-24(14-22)33(35)38/h2-11,14-16,29,36-37H,12-13,17-20H2,1H3,(H2,35,38)(H,39,40). The average molecular weight is 599 g/mol. The van der Waals surface area contributed by atoms with Crippen molar-refractivity contribution in [1.82, 2.24) is 5.32 Å². The van der Waals surface area contributed by atoms with Crippen LogP contribution < -0.4 is 30.0 Å². The van der Waals surface area contributed by atoms with Gasteiger partial charge < -0.3 is 34.9 Å². The highest BCUT2D eigenvalue weighted by Gasteiger charge is 2.18. The molecule has 0 saturated carbocycles. The van der Waals surface area contributed by atoms with Gasteiger partial charge in [0, 0.05) is 23.7 Å². The van der Waals surface area contributed by atoms with Crippen molar-refractivity contribution in [3.63, 3.8) is 0 Å². The highest BCUT2D eigenvalue weighted by atomic mass is 16.6. The Kier molecular flexibility index (Phi) is 9.63. The summed E-state index contributed by atoms with van der Waals surface area (Å²) in [6, 6.07) is 23.0. The first-order valence-electron chi connectivity index (χ1n) is 14.1. The molecule has 1 amide bonds. The number of carbonyl (C=O) groups excluding carboxylic acids is 1. The van der Waals surface area contributed by atoms with Gasteiger partial charge in [-0.3, -0.25) is 14.9 Å². The summed E-state index contributed by atoms with van der Waals surface area (Å²) < 4.78 is 23.7. The normalized spacial score (nSPS) is 12.8. The highest BCUT2D eigenvalue weighted by molar-refractivity contribution is 5.92. The Bertz CT molecular complexity index is 1650. The summed E-state index contributed by atoms with van der Waals surface area (Å²) in [6.07, 6.45) is 0. The van der Waals surface area contributed by atoms with Gasteiger partial charge in [0.2, 0.25) is 5.91 Å². The Morgan fingerprint density at radius 3 is 2.48 bits per heavy atom. The van der Waals surface area contributed by atoms with Gasteiger partial charge in [0.1, 0.15) is 44.0 Å². The zero-order valence-corrected chi connectivity index (χ0v) is 24.2. The smallest absolute Gasteiger partial charge is 0.323 e. The van der Waals surface area contributed by atoms with E-state index in [2.05, 4.69) is 11.4 Å². The fourth-order valence-corrected chi connectivity index (χ4v) is 4.87. The molecule has 1 unspecified atom stereocenters. The fourth-order valence-electron chi connectivity index (χ4n) is 4.87. The lowest BCUT2D eigenvalue weighted by Gasteiger charge is -2.20. The zero-order chi connectivity index (χ0) is 31.1. The van der Waals surface area contributed by atoms with Crippen LogP contribution in [0.4, 0.5) is 0 Å². The molecular formula is C34H34N2O8. The number of hydrogen-bond donors (Lipinski definition) is 4. The summed E-state index contributed by atoms with van der Waals surface area (Å²) in [5.41, 5.74) is 11.3. The molecule has 0 radical (unpaired) electrons. The second-order valence-corrected chi connectivity index (χ2v) is 10.3. The molecule has 228 valence electrons. The number of carbonyl (C=O) groups is 2. The molecule has 5 N–H and O–H groups in total. The molecule has 4 aromatic carbocycles.